The van der Waals surface area contributed by atoms with E-state index in [4.69, 9.17) is 23.2 Å². The highest BCUT2D eigenvalue weighted by molar-refractivity contribution is 6.56. The van der Waals surface area contributed by atoms with Crippen LogP contribution in [0.5, 0.6) is 0 Å². The summed E-state index contributed by atoms with van der Waals surface area (Å²) in [5.41, 5.74) is 3.26. The molecule has 1 aliphatic carbocycles. The molecule has 0 amide bonds. The van der Waals surface area contributed by atoms with Gasteiger partial charge in [0, 0.05) is 11.4 Å². The van der Waals surface area contributed by atoms with E-state index in [1.165, 1.54) is 0 Å². The van der Waals surface area contributed by atoms with Gasteiger partial charge in [-0.15, -0.1) is 0 Å². The zero-order valence-electron chi connectivity index (χ0n) is 14.2. The Kier molecular flexibility index (Phi) is 5.16. The molecule has 0 aromatic heterocycles. The van der Waals surface area contributed by atoms with Crippen LogP contribution in [0, 0.1) is 13.8 Å². The van der Waals surface area contributed by atoms with Gasteiger partial charge in [0.1, 0.15) is 21.5 Å². The molecule has 4 nitrogen and oxygen atoms in total. The molecule has 0 unspecified atom stereocenters. The molecule has 0 spiro atoms. The summed E-state index contributed by atoms with van der Waals surface area (Å²) in [7, 11) is 0. The lowest BCUT2D eigenvalue weighted by Gasteiger charge is -2.20. The van der Waals surface area contributed by atoms with Crippen LogP contribution in [-0.4, -0.2) is 11.6 Å². The number of anilines is 2. The Balaban J connectivity index is 1.91. The number of ketones is 2. The first-order valence-corrected chi connectivity index (χ1v) is 8.68. The Labute approximate surface area is 161 Å². The van der Waals surface area contributed by atoms with E-state index in [2.05, 4.69) is 10.6 Å². The van der Waals surface area contributed by atoms with Gasteiger partial charge in [-0.3, -0.25) is 9.59 Å². The lowest BCUT2D eigenvalue weighted by Crippen LogP contribution is -2.27. The van der Waals surface area contributed by atoms with Gasteiger partial charge >= 0.3 is 0 Å². The second-order valence-electron chi connectivity index (χ2n) is 6.03. The zero-order chi connectivity index (χ0) is 18.8. The first-order valence-electron chi connectivity index (χ1n) is 7.93. The van der Waals surface area contributed by atoms with Crippen molar-refractivity contribution in [1.82, 2.24) is 0 Å². The third-order valence-corrected chi connectivity index (χ3v) is 4.59. The lowest BCUT2D eigenvalue weighted by molar-refractivity contribution is -0.115. The largest absolute Gasteiger partial charge is 0.351 e. The summed E-state index contributed by atoms with van der Waals surface area (Å²) in [6, 6.07) is 14.8. The van der Waals surface area contributed by atoms with E-state index in [1.54, 1.807) is 12.1 Å². The van der Waals surface area contributed by atoms with E-state index >= 15 is 0 Å². The molecule has 1 aliphatic rings. The molecule has 2 aromatic rings. The number of hydrogen-bond donors (Lipinski definition) is 2. The van der Waals surface area contributed by atoms with Crippen LogP contribution >= 0.6 is 23.2 Å². The molecule has 2 N–H and O–H groups in total. The standard InChI is InChI=1S/C20H16Cl2N2O2/c1-11-5-3-7-13(9-11)23-17-15(21)20(26)18(16(22)19(17)25)24-14-8-4-6-12(2)10-14/h3-10,23-24H,1-2H3. The number of nitrogens with one attached hydrogen (secondary N) is 2. The van der Waals surface area contributed by atoms with Crippen LogP contribution in [0.15, 0.2) is 70.0 Å². The minimum Gasteiger partial charge on any atom is -0.351 e. The first kappa shape index (κ1) is 18.2. The minimum absolute atomic E-state index is 0.0259. The molecule has 3 rings (SSSR count). The van der Waals surface area contributed by atoms with E-state index in [-0.39, 0.29) is 21.5 Å². The van der Waals surface area contributed by atoms with Crippen molar-refractivity contribution in [3.8, 4) is 0 Å². The van der Waals surface area contributed by atoms with Gasteiger partial charge in [0.25, 0.3) is 0 Å². The van der Waals surface area contributed by atoms with E-state index in [0.29, 0.717) is 11.4 Å². The SMILES string of the molecule is Cc1cccc(NC2=C(Cl)C(=O)C(Nc3cccc(C)c3)=C(Cl)C2=O)c1. The van der Waals surface area contributed by atoms with Crippen molar-refractivity contribution in [2.24, 2.45) is 0 Å². The molecule has 132 valence electrons. The summed E-state index contributed by atoms with van der Waals surface area (Å²) >= 11 is 12.4. The van der Waals surface area contributed by atoms with Crippen molar-refractivity contribution >= 4 is 46.1 Å². The van der Waals surface area contributed by atoms with Crippen LogP contribution in [0.4, 0.5) is 11.4 Å². The average molecular weight is 387 g/mol. The number of hydrogen-bond acceptors (Lipinski definition) is 4. The predicted molar refractivity (Wildman–Crippen MR) is 105 cm³/mol. The normalized spacial score (nSPS) is 14.8. The van der Waals surface area contributed by atoms with E-state index in [0.717, 1.165) is 11.1 Å². The van der Waals surface area contributed by atoms with Crippen LogP contribution in [0.2, 0.25) is 0 Å². The number of allylic oxidation sites excluding steroid dienone is 2. The summed E-state index contributed by atoms with van der Waals surface area (Å²) in [6.07, 6.45) is 0. The van der Waals surface area contributed by atoms with Crippen LogP contribution in [0.3, 0.4) is 0 Å². The Morgan fingerprint density at radius 1 is 0.692 bits per heavy atom. The Bertz CT molecular complexity index is 898. The predicted octanol–water partition coefficient (Wildman–Crippen LogP) is 4.88. The van der Waals surface area contributed by atoms with Crippen LogP contribution in [-0.2, 0) is 9.59 Å². The number of carbonyl (C=O) groups is 2. The maximum Gasteiger partial charge on any atom is 0.224 e. The molecule has 26 heavy (non-hydrogen) atoms. The lowest BCUT2D eigenvalue weighted by atomic mass is 10.0. The van der Waals surface area contributed by atoms with Crippen molar-refractivity contribution in [2.75, 3.05) is 10.6 Å². The van der Waals surface area contributed by atoms with Gasteiger partial charge in [-0.1, -0.05) is 47.5 Å². The summed E-state index contributed by atoms with van der Waals surface area (Å²) < 4.78 is 0. The first-order chi connectivity index (χ1) is 12.4. The molecular formula is C20H16Cl2N2O2. The summed E-state index contributed by atoms with van der Waals surface area (Å²) in [6.45, 7) is 3.84. The minimum atomic E-state index is -0.534. The van der Waals surface area contributed by atoms with Crippen LogP contribution in [0.25, 0.3) is 0 Å². The van der Waals surface area contributed by atoms with Gasteiger partial charge < -0.3 is 10.6 Å². The second-order valence-corrected chi connectivity index (χ2v) is 6.78. The summed E-state index contributed by atoms with van der Waals surface area (Å²) in [5.74, 6) is -1.07. The second kappa shape index (κ2) is 7.36. The van der Waals surface area contributed by atoms with Crippen molar-refractivity contribution in [3.63, 3.8) is 0 Å². The maximum absolute atomic E-state index is 12.7. The highest BCUT2D eigenvalue weighted by Gasteiger charge is 2.33. The van der Waals surface area contributed by atoms with Gasteiger partial charge in [0.05, 0.1) is 0 Å². The van der Waals surface area contributed by atoms with E-state index < -0.39 is 11.6 Å². The highest BCUT2D eigenvalue weighted by atomic mass is 35.5. The van der Waals surface area contributed by atoms with E-state index in [9.17, 15) is 9.59 Å². The molecule has 2 aromatic carbocycles. The number of Topliss-reactive ketones (excluding diaryl/α,β-unsaturated/α-hetero) is 2. The molecule has 0 radical (unpaired) electrons. The molecule has 0 fully saturated rings. The molecule has 6 heteroatoms. The van der Waals surface area contributed by atoms with Crippen molar-refractivity contribution in [1.29, 1.82) is 0 Å². The number of halogens is 2. The fraction of sp³-hybridized carbons (Fsp3) is 0.100. The molecule has 0 saturated carbocycles. The van der Waals surface area contributed by atoms with Crippen molar-refractivity contribution in [2.45, 2.75) is 13.8 Å². The van der Waals surface area contributed by atoms with Gasteiger partial charge in [0.2, 0.25) is 11.6 Å². The topological polar surface area (TPSA) is 58.2 Å². The monoisotopic (exact) mass is 386 g/mol. The van der Waals surface area contributed by atoms with Gasteiger partial charge in [-0.2, -0.15) is 0 Å². The molecule has 0 bridgehead atoms. The number of carbonyl (C=O) groups excluding carboxylic acids is 2. The van der Waals surface area contributed by atoms with Gasteiger partial charge in [-0.25, -0.2) is 0 Å². The molecule has 0 aliphatic heterocycles. The smallest absolute Gasteiger partial charge is 0.224 e. The Morgan fingerprint density at radius 3 is 1.42 bits per heavy atom. The number of rotatable bonds is 4. The fourth-order valence-corrected chi connectivity index (χ4v) is 3.06. The zero-order valence-corrected chi connectivity index (χ0v) is 15.7. The quantitative estimate of drug-likeness (QED) is 0.735. The summed E-state index contributed by atoms with van der Waals surface area (Å²) in [5, 5.41) is 5.42. The Hall–Kier alpha value is -2.56. The van der Waals surface area contributed by atoms with Crippen LogP contribution < -0.4 is 10.6 Å². The van der Waals surface area contributed by atoms with Crippen molar-refractivity contribution in [3.05, 3.63) is 81.1 Å². The van der Waals surface area contributed by atoms with Gasteiger partial charge in [-0.05, 0) is 49.2 Å². The van der Waals surface area contributed by atoms with Gasteiger partial charge in [0.15, 0.2) is 0 Å². The highest BCUT2D eigenvalue weighted by Crippen LogP contribution is 2.31. The molecule has 0 heterocycles. The molecular weight excluding hydrogens is 371 g/mol. The third kappa shape index (κ3) is 3.66. The average Bonchev–Trinajstić information content (AvgIpc) is 2.61. The third-order valence-electron chi connectivity index (χ3n) is 3.87. The summed E-state index contributed by atoms with van der Waals surface area (Å²) in [4.78, 5) is 25.3. The fourth-order valence-electron chi connectivity index (χ4n) is 2.60. The van der Waals surface area contributed by atoms with Crippen LogP contribution in [0.1, 0.15) is 11.1 Å². The van der Waals surface area contributed by atoms with E-state index in [1.807, 2.05) is 50.2 Å². The number of aryl methyl sites for hydroxylation is 2. The molecule has 0 saturated heterocycles. The Morgan fingerprint density at radius 2 is 1.08 bits per heavy atom. The number of benzene rings is 2. The maximum atomic E-state index is 12.7. The van der Waals surface area contributed by atoms with Crippen molar-refractivity contribution < 1.29 is 9.59 Å². The molecule has 0 atom stereocenters.